The predicted octanol–water partition coefficient (Wildman–Crippen LogP) is 6.87. The van der Waals surface area contributed by atoms with Crippen molar-refractivity contribution < 1.29 is 28.7 Å². The molecule has 0 N–H and O–H groups in total. The third-order valence-corrected chi connectivity index (χ3v) is 9.01. The Kier molecular flexibility index (Phi) is 9.30. The zero-order valence-corrected chi connectivity index (χ0v) is 26.7. The lowest BCUT2D eigenvalue weighted by Gasteiger charge is -2.54. The standard InChI is InChI=1S/C33H52N2O6/c1-30(2)19-24(20-31(3,4)34(30)38-9)39-28(36)26-17-13-14-18-27(26)29(37)40-25-21-32(5,6)35(33(7,8)22-25)41-23-15-11-10-12-16-23/h13-14,17-18,23-25H,10-12,15-16,19-22H2,1-9H3. The molecule has 2 heterocycles. The van der Waals surface area contributed by atoms with Crippen molar-refractivity contribution in [2.75, 3.05) is 7.11 Å². The number of nitrogens with zero attached hydrogens (tertiary/aromatic N) is 2. The minimum atomic E-state index is -0.503. The molecule has 8 heteroatoms. The lowest BCUT2D eigenvalue weighted by molar-refractivity contribution is -0.317. The van der Waals surface area contributed by atoms with Crippen molar-refractivity contribution in [1.29, 1.82) is 0 Å². The van der Waals surface area contributed by atoms with Crippen LogP contribution in [0, 0.1) is 0 Å². The number of esters is 2. The summed E-state index contributed by atoms with van der Waals surface area (Å²) in [5.74, 6) is -0.998. The summed E-state index contributed by atoms with van der Waals surface area (Å²) in [6.45, 7) is 16.9. The van der Waals surface area contributed by atoms with E-state index in [0.29, 0.717) is 25.7 Å². The van der Waals surface area contributed by atoms with Crippen molar-refractivity contribution >= 4 is 11.9 Å². The molecule has 0 spiro atoms. The minimum absolute atomic E-state index is 0.235. The molecule has 2 aliphatic heterocycles. The van der Waals surface area contributed by atoms with Crippen molar-refractivity contribution in [2.45, 2.75) is 154 Å². The molecular formula is C33H52N2O6. The Bertz CT molecular complexity index is 1050. The number of ether oxygens (including phenoxy) is 2. The molecule has 230 valence electrons. The Labute approximate surface area is 246 Å². The molecule has 8 nitrogen and oxygen atoms in total. The van der Waals surface area contributed by atoms with Crippen molar-refractivity contribution in [3.63, 3.8) is 0 Å². The van der Waals surface area contributed by atoms with Crippen LogP contribution in [0.15, 0.2) is 24.3 Å². The van der Waals surface area contributed by atoms with E-state index in [1.54, 1.807) is 31.4 Å². The van der Waals surface area contributed by atoms with E-state index in [1.165, 1.54) is 19.3 Å². The van der Waals surface area contributed by atoms with Crippen molar-refractivity contribution in [2.24, 2.45) is 0 Å². The fourth-order valence-electron chi connectivity index (χ4n) is 7.88. The van der Waals surface area contributed by atoms with Crippen LogP contribution in [0.2, 0.25) is 0 Å². The van der Waals surface area contributed by atoms with Crippen LogP contribution in [0.5, 0.6) is 0 Å². The first-order valence-electron chi connectivity index (χ1n) is 15.4. The first-order valence-corrected chi connectivity index (χ1v) is 15.4. The summed E-state index contributed by atoms with van der Waals surface area (Å²) >= 11 is 0. The topological polar surface area (TPSA) is 77.5 Å². The molecule has 0 unspecified atom stereocenters. The second kappa shape index (κ2) is 11.9. The lowest BCUT2D eigenvalue weighted by Crippen LogP contribution is -2.63. The van der Waals surface area contributed by atoms with Gasteiger partial charge in [-0.1, -0.05) is 31.4 Å². The summed E-state index contributed by atoms with van der Waals surface area (Å²) in [5, 5.41) is 4.13. The minimum Gasteiger partial charge on any atom is -0.459 e. The summed E-state index contributed by atoms with van der Waals surface area (Å²) < 4.78 is 12.1. The number of rotatable bonds is 7. The van der Waals surface area contributed by atoms with Crippen LogP contribution in [0.4, 0.5) is 0 Å². The molecule has 41 heavy (non-hydrogen) atoms. The maximum atomic E-state index is 13.5. The molecule has 1 saturated carbocycles. The Morgan fingerprint density at radius 1 is 0.634 bits per heavy atom. The van der Waals surface area contributed by atoms with Gasteiger partial charge in [0, 0.05) is 47.8 Å². The highest BCUT2D eigenvalue weighted by molar-refractivity contribution is 6.03. The van der Waals surface area contributed by atoms with Gasteiger partial charge in [-0.25, -0.2) is 9.59 Å². The van der Waals surface area contributed by atoms with Gasteiger partial charge in [0.05, 0.1) is 24.3 Å². The van der Waals surface area contributed by atoms with E-state index in [9.17, 15) is 9.59 Å². The Balaban J connectivity index is 1.44. The van der Waals surface area contributed by atoms with E-state index >= 15 is 0 Å². The van der Waals surface area contributed by atoms with Gasteiger partial charge in [-0.3, -0.25) is 4.84 Å². The maximum absolute atomic E-state index is 13.5. The predicted molar refractivity (Wildman–Crippen MR) is 158 cm³/mol. The van der Waals surface area contributed by atoms with E-state index in [-0.39, 0.29) is 51.6 Å². The molecule has 3 fully saturated rings. The molecule has 1 aliphatic carbocycles. The van der Waals surface area contributed by atoms with E-state index in [1.807, 2.05) is 5.06 Å². The highest BCUT2D eigenvalue weighted by Crippen LogP contribution is 2.42. The van der Waals surface area contributed by atoms with E-state index in [0.717, 1.165) is 12.8 Å². The average Bonchev–Trinajstić information content (AvgIpc) is 2.85. The maximum Gasteiger partial charge on any atom is 0.339 e. The van der Waals surface area contributed by atoms with Crippen LogP contribution in [0.1, 0.15) is 134 Å². The van der Waals surface area contributed by atoms with Gasteiger partial charge in [-0.15, -0.1) is 0 Å². The average molecular weight is 573 g/mol. The number of hydrogen-bond acceptors (Lipinski definition) is 8. The normalized spacial score (nSPS) is 25.5. The zero-order valence-electron chi connectivity index (χ0n) is 26.7. The largest absolute Gasteiger partial charge is 0.459 e. The molecule has 0 aromatic heterocycles. The van der Waals surface area contributed by atoms with Gasteiger partial charge in [-0.05, 0) is 80.4 Å². The molecule has 4 rings (SSSR count). The van der Waals surface area contributed by atoms with Crippen LogP contribution >= 0.6 is 0 Å². The smallest absolute Gasteiger partial charge is 0.339 e. The van der Waals surface area contributed by atoms with Gasteiger partial charge in [0.1, 0.15) is 12.2 Å². The summed E-state index contributed by atoms with van der Waals surface area (Å²) in [6, 6.07) is 6.80. The van der Waals surface area contributed by atoms with E-state index in [4.69, 9.17) is 19.1 Å². The number of piperidine rings is 2. The fourth-order valence-corrected chi connectivity index (χ4v) is 7.88. The Morgan fingerprint density at radius 2 is 1.02 bits per heavy atom. The fraction of sp³-hybridized carbons (Fsp3) is 0.758. The monoisotopic (exact) mass is 572 g/mol. The van der Waals surface area contributed by atoms with Crippen LogP contribution in [-0.2, 0) is 19.1 Å². The van der Waals surface area contributed by atoms with Gasteiger partial charge in [-0.2, -0.15) is 10.1 Å². The van der Waals surface area contributed by atoms with Gasteiger partial charge in [0.2, 0.25) is 0 Å². The number of benzene rings is 1. The highest BCUT2D eigenvalue weighted by atomic mass is 16.7. The molecule has 1 aromatic carbocycles. The van der Waals surface area contributed by atoms with Crippen LogP contribution < -0.4 is 0 Å². The van der Waals surface area contributed by atoms with Gasteiger partial charge in [0.25, 0.3) is 0 Å². The molecule has 0 bridgehead atoms. The Morgan fingerprint density at radius 3 is 1.41 bits per heavy atom. The van der Waals surface area contributed by atoms with Crippen molar-refractivity contribution in [1.82, 2.24) is 10.1 Å². The van der Waals surface area contributed by atoms with Crippen LogP contribution in [0.3, 0.4) is 0 Å². The van der Waals surface area contributed by atoms with Crippen molar-refractivity contribution in [3.8, 4) is 0 Å². The molecule has 1 aromatic rings. The molecular weight excluding hydrogens is 520 g/mol. The van der Waals surface area contributed by atoms with Gasteiger partial charge >= 0.3 is 11.9 Å². The lowest BCUT2D eigenvalue weighted by atomic mass is 9.80. The second-order valence-corrected chi connectivity index (χ2v) is 14.8. The number of carbonyl (C=O) groups excluding carboxylic acids is 2. The molecule has 0 atom stereocenters. The number of hydroxylamine groups is 4. The summed E-state index contributed by atoms with van der Waals surface area (Å²) in [5.41, 5.74) is -0.816. The second-order valence-electron chi connectivity index (χ2n) is 14.8. The molecule has 0 radical (unpaired) electrons. The summed E-state index contributed by atoms with van der Waals surface area (Å²) in [7, 11) is 1.67. The quantitative estimate of drug-likeness (QED) is 0.328. The molecule has 3 aliphatic rings. The van der Waals surface area contributed by atoms with Gasteiger partial charge < -0.3 is 14.3 Å². The van der Waals surface area contributed by atoms with E-state index < -0.39 is 11.9 Å². The number of hydrogen-bond donors (Lipinski definition) is 0. The highest BCUT2D eigenvalue weighted by Gasteiger charge is 2.49. The number of carbonyl (C=O) groups is 2. The third-order valence-electron chi connectivity index (χ3n) is 9.01. The molecule has 2 saturated heterocycles. The first kappa shape index (κ1) is 31.9. The van der Waals surface area contributed by atoms with Crippen molar-refractivity contribution in [3.05, 3.63) is 35.4 Å². The first-order chi connectivity index (χ1) is 19.1. The van der Waals surface area contributed by atoms with Crippen LogP contribution in [0.25, 0.3) is 0 Å². The van der Waals surface area contributed by atoms with E-state index in [2.05, 4.69) is 60.5 Å². The third kappa shape index (κ3) is 7.15. The SMILES string of the molecule is CON1C(C)(C)CC(OC(=O)c2ccccc2C(=O)OC2CC(C)(C)N(OC3CCCCC3)C(C)(C)C2)CC1(C)C. The van der Waals surface area contributed by atoms with Crippen LogP contribution in [-0.4, -0.2) is 69.6 Å². The zero-order chi connectivity index (χ0) is 30.2. The molecule has 0 amide bonds. The Hall–Kier alpha value is -2.00. The van der Waals surface area contributed by atoms with Gasteiger partial charge in [0.15, 0.2) is 0 Å². The summed E-state index contributed by atoms with van der Waals surface area (Å²) in [6.07, 6.45) is 8.05. The summed E-state index contributed by atoms with van der Waals surface area (Å²) in [4.78, 5) is 39.2.